The molecule has 28 heavy (non-hydrogen) atoms. The normalized spacial score (nSPS) is 17.6. The van der Waals surface area contributed by atoms with Gasteiger partial charge in [0.2, 0.25) is 5.91 Å². The van der Waals surface area contributed by atoms with Crippen LogP contribution in [-0.2, 0) is 4.79 Å². The first-order valence-corrected chi connectivity index (χ1v) is 9.33. The summed E-state index contributed by atoms with van der Waals surface area (Å²) in [6.07, 6.45) is 7.23. The number of hydrogen-bond acceptors (Lipinski definition) is 1. The number of alkyl halides is 2. The molecule has 0 radical (unpaired) electrons. The summed E-state index contributed by atoms with van der Waals surface area (Å²) in [4.78, 5) is 12.6. The van der Waals surface area contributed by atoms with Crippen LogP contribution in [0.2, 0.25) is 0 Å². The molecule has 1 amide bonds. The highest BCUT2D eigenvalue weighted by atomic mass is 19.3. The highest BCUT2D eigenvalue weighted by molar-refractivity contribution is 5.95. The molecule has 148 valence electrons. The first-order valence-electron chi connectivity index (χ1n) is 9.33. The Labute approximate surface area is 164 Å². The molecule has 0 saturated carbocycles. The summed E-state index contributed by atoms with van der Waals surface area (Å²) in [7, 11) is 0. The number of halogens is 3. The van der Waals surface area contributed by atoms with Crippen molar-refractivity contribution in [1.82, 2.24) is 5.32 Å². The number of carbonyl (C=O) groups is 1. The van der Waals surface area contributed by atoms with E-state index in [0.717, 1.165) is 0 Å². The molecule has 0 saturated heterocycles. The first-order chi connectivity index (χ1) is 13.3. The molecule has 0 aromatic heterocycles. The minimum atomic E-state index is -2.96. The molecule has 2 unspecified atom stereocenters. The standard InChI is InChI=1S/C23H24F3NO/c1-4-19-13-11-17(9-10-18-7-6-8-20(24)15-18)12-14-21(19)22(28)27-16(3)23(25,26)5-2/h6-8,11-16,19H,4-5H2,1-3H3,(H,27,28). The van der Waals surface area contributed by atoms with Gasteiger partial charge in [-0.1, -0.05) is 43.9 Å². The lowest BCUT2D eigenvalue weighted by Gasteiger charge is -2.24. The third-order valence-corrected chi connectivity index (χ3v) is 4.68. The van der Waals surface area contributed by atoms with Gasteiger partial charge in [0.1, 0.15) is 5.82 Å². The van der Waals surface area contributed by atoms with Crippen molar-refractivity contribution in [2.24, 2.45) is 5.92 Å². The predicted molar refractivity (Wildman–Crippen MR) is 105 cm³/mol. The van der Waals surface area contributed by atoms with Crippen LogP contribution in [0.25, 0.3) is 0 Å². The summed E-state index contributed by atoms with van der Waals surface area (Å²) in [5.74, 6) is 1.79. The van der Waals surface area contributed by atoms with Gasteiger partial charge in [-0.15, -0.1) is 0 Å². The highest BCUT2D eigenvalue weighted by Crippen LogP contribution is 2.25. The topological polar surface area (TPSA) is 29.1 Å². The molecular weight excluding hydrogens is 363 g/mol. The van der Waals surface area contributed by atoms with E-state index in [2.05, 4.69) is 17.2 Å². The predicted octanol–water partition coefficient (Wildman–Crippen LogP) is 5.18. The van der Waals surface area contributed by atoms with Gasteiger partial charge in [0, 0.05) is 29.0 Å². The van der Waals surface area contributed by atoms with Crippen LogP contribution in [0.3, 0.4) is 0 Å². The lowest BCUT2D eigenvalue weighted by molar-refractivity contribution is -0.122. The summed E-state index contributed by atoms with van der Waals surface area (Å²) in [6, 6.07) is 4.72. The number of carbonyl (C=O) groups excluding carboxylic acids is 1. The minimum absolute atomic E-state index is 0.202. The fraction of sp³-hybridized carbons (Fsp3) is 0.348. The summed E-state index contributed by atoms with van der Waals surface area (Å²) >= 11 is 0. The van der Waals surface area contributed by atoms with Gasteiger partial charge in [-0.05, 0) is 43.7 Å². The summed E-state index contributed by atoms with van der Waals surface area (Å²) in [6.45, 7) is 4.61. The zero-order valence-corrected chi connectivity index (χ0v) is 16.2. The van der Waals surface area contributed by atoms with E-state index in [1.54, 1.807) is 30.4 Å². The van der Waals surface area contributed by atoms with Crippen LogP contribution >= 0.6 is 0 Å². The van der Waals surface area contributed by atoms with Crippen LogP contribution in [0.4, 0.5) is 13.2 Å². The van der Waals surface area contributed by atoms with E-state index in [9.17, 15) is 18.0 Å². The molecule has 1 N–H and O–H groups in total. The molecule has 0 aliphatic heterocycles. The van der Waals surface area contributed by atoms with Crippen LogP contribution in [0, 0.1) is 23.6 Å². The maximum absolute atomic E-state index is 13.8. The fourth-order valence-corrected chi connectivity index (χ4v) is 2.77. The molecule has 2 rings (SSSR count). The largest absolute Gasteiger partial charge is 0.344 e. The average molecular weight is 387 g/mol. The van der Waals surface area contributed by atoms with E-state index in [0.29, 0.717) is 23.1 Å². The smallest absolute Gasteiger partial charge is 0.267 e. The number of hydrogen-bond donors (Lipinski definition) is 1. The maximum atomic E-state index is 13.8. The second kappa shape index (κ2) is 9.45. The van der Waals surface area contributed by atoms with E-state index in [1.807, 2.05) is 13.0 Å². The highest BCUT2D eigenvalue weighted by Gasteiger charge is 2.36. The fourth-order valence-electron chi connectivity index (χ4n) is 2.77. The Kier molecular flexibility index (Phi) is 7.28. The van der Waals surface area contributed by atoms with Crippen molar-refractivity contribution in [1.29, 1.82) is 0 Å². The molecule has 0 spiro atoms. The van der Waals surface area contributed by atoms with Crippen molar-refractivity contribution in [3.05, 3.63) is 71.1 Å². The Hall–Kier alpha value is -2.74. The van der Waals surface area contributed by atoms with E-state index in [4.69, 9.17) is 0 Å². The van der Waals surface area contributed by atoms with Crippen LogP contribution in [0.15, 0.2) is 59.7 Å². The Balaban J connectivity index is 2.23. The molecule has 2 atom stereocenters. The van der Waals surface area contributed by atoms with E-state index < -0.39 is 17.9 Å². The minimum Gasteiger partial charge on any atom is -0.344 e. The van der Waals surface area contributed by atoms with Crippen molar-refractivity contribution in [2.45, 2.75) is 45.6 Å². The van der Waals surface area contributed by atoms with Gasteiger partial charge in [-0.25, -0.2) is 13.2 Å². The summed E-state index contributed by atoms with van der Waals surface area (Å²) in [5.41, 5.74) is 1.61. The third kappa shape index (κ3) is 5.63. The van der Waals surface area contributed by atoms with Gasteiger partial charge in [-0.3, -0.25) is 4.79 Å². The third-order valence-electron chi connectivity index (χ3n) is 4.68. The van der Waals surface area contributed by atoms with Crippen LogP contribution in [0.1, 0.15) is 39.2 Å². The van der Waals surface area contributed by atoms with Crippen LogP contribution in [0.5, 0.6) is 0 Å². The SMILES string of the molecule is CCC1C=CC(C#Cc2cccc(F)c2)=CC=C1C(=O)NC(C)C(F)(F)CC. The maximum Gasteiger partial charge on any atom is 0.267 e. The van der Waals surface area contributed by atoms with E-state index in [1.165, 1.54) is 26.0 Å². The number of benzene rings is 1. The van der Waals surface area contributed by atoms with E-state index >= 15 is 0 Å². The Bertz CT molecular complexity index is 871. The van der Waals surface area contributed by atoms with Crippen molar-refractivity contribution in [3.8, 4) is 11.8 Å². The summed E-state index contributed by atoms with van der Waals surface area (Å²) in [5, 5.41) is 2.41. The van der Waals surface area contributed by atoms with Gasteiger partial charge in [-0.2, -0.15) is 0 Å². The van der Waals surface area contributed by atoms with Crippen molar-refractivity contribution in [2.75, 3.05) is 0 Å². The lowest BCUT2D eigenvalue weighted by atomic mass is 9.95. The average Bonchev–Trinajstić information content (AvgIpc) is 2.88. The quantitative estimate of drug-likeness (QED) is 0.694. The summed E-state index contributed by atoms with van der Waals surface area (Å²) < 4.78 is 40.8. The van der Waals surface area contributed by atoms with Gasteiger partial charge in [0.15, 0.2) is 0 Å². The molecule has 5 heteroatoms. The molecule has 1 aliphatic rings. The first kappa shape index (κ1) is 21.6. The number of allylic oxidation sites excluding steroid dienone is 5. The molecule has 1 aliphatic carbocycles. The zero-order chi connectivity index (χ0) is 20.7. The van der Waals surface area contributed by atoms with Gasteiger partial charge in [0.25, 0.3) is 5.92 Å². The molecular formula is C23H24F3NO. The van der Waals surface area contributed by atoms with Crippen LogP contribution < -0.4 is 5.32 Å². The lowest BCUT2D eigenvalue weighted by Crippen LogP contribution is -2.46. The number of rotatable bonds is 5. The monoisotopic (exact) mass is 387 g/mol. The number of amides is 1. The van der Waals surface area contributed by atoms with Crippen molar-refractivity contribution in [3.63, 3.8) is 0 Å². The molecule has 2 nitrogen and oxygen atoms in total. The van der Waals surface area contributed by atoms with Gasteiger partial charge >= 0.3 is 0 Å². The number of nitrogens with one attached hydrogen (secondary N) is 1. The Morgan fingerprint density at radius 1 is 1.25 bits per heavy atom. The van der Waals surface area contributed by atoms with Gasteiger partial charge in [0.05, 0.1) is 6.04 Å². The Morgan fingerprint density at radius 2 is 2.00 bits per heavy atom. The molecule has 0 fully saturated rings. The molecule has 1 aromatic carbocycles. The second-order valence-corrected chi connectivity index (χ2v) is 6.69. The molecule has 0 heterocycles. The second-order valence-electron chi connectivity index (χ2n) is 6.69. The van der Waals surface area contributed by atoms with Crippen molar-refractivity contribution >= 4 is 5.91 Å². The van der Waals surface area contributed by atoms with E-state index in [-0.39, 0.29) is 18.2 Å². The van der Waals surface area contributed by atoms with Crippen molar-refractivity contribution < 1.29 is 18.0 Å². The van der Waals surface area contributed by atoms with Gasteiger partial charge < -0.3 is 5.32 Å². The zero-order valence-electron chi connectivity index (χ0n) is 16.2. The van der Waals surface area contributed by atoms with Crippen LogP contribution in [-0.4, -0.2) is 17.9 Å². The molecule has 0 bridgehead atoms. The molecule has 1 aromatic rings. The Morgan fingerprint density at radius 3 is 2.64 bits per heavy atom.